The highest BCUT2D eigenvalue weighted by Crippen LogP contribution is 2.20. The average Bonchev–Trinajstić information content (AvgIpc) is 2.03. The number of hydrazone groups is 1. The molecule has 0 aromatic heterocycles. The van der Waals surface area contributed by atoms with Crippen molar-refractivity contribution < 1.29 is 0 Å². The Morgan fingerprint density at radius 1 is 1.67 bits per heavy atom. The van der Waals surface area contributed by atoms with Crippen LogP contribution in [0.1, 0.15) is 32.6 Å². The van der Waals surface area contributed by atoms with Gasteiger partial charge in [-0.25, -0.2) is 0 Å². The Bertz CT molecular complexity index is 200. The molecule has 1 saturated carbocycles. The maximum atomic E-state index is 5.27. The molecule has 1 unspecified atom stereocenters. The van der Waals surface area contributed by atoms with Crippen LogP contribution in [-0.4, -0.2) is 10.8 Å². The van der Waals surface area contributed by atoms with Crippen LogP contribution in [-0.2, 0) is 0 Å². The summed E-state index contributed by atoms with van der Waals surface area (Å²) in [5, 5.41) is 4.41. The lowest BCUT2D eigenvalue weighted by Crippen LogP contribution is -2.28. The van der Waals surface area contributed by atoms with E-state index in [4.69, 9.17) is 5.73 Å². The van der Waals surface area contributed by atoms with Crippen LogP contribution in [0.15, 0.2) is 5.10 Å². The monoisotopic (exact) mass is 185 g/mol. The lowest BCUT2D eigenvalue weighted by atomic mass is 9.89. The van der Waals surface area contributed by atoms with Gasteiger partial charge >= 0.3 is 0 Å². The van der Waals surface area contributed by atoms with Crippen LogP contribution in [0.3, 0.4) is 0 Å². The van der Waals surface area contributed by atoms with Crippen molar-refractivity contribution in [2.24, 2.45) is 16.8 Å². The first-order valence-corrected chi connectivity index (χ1v) is 4.73. The van der Waals surface area contributed by atoms with Gasteiger partial charge in [-0.05, 0) is 37.4 Å². The normalized spacial score (nSPS) is 27.1. The van der Waals surface area contributed by atoms with Crippen LogP contribution in [0.25, 0.3) is 0 Å². The molecule has 12 heavy (non-hydrogen) atoms. The van der Waals surface area contributed by atoms with Gasteiger partial charge < -0.3 is 5.73 Å². The first-order valence-electron chi connectivity index (χ1n) is 4.32. The van der Waals surface area contributed by atoms with Crippen molar-refractivity contribution in [3.63, 3.8) is 0 Å². The number of nitrogens with two attached hydrogens (primary N) is 1. The lowest BCUT2D eigenvalue weighted by Gasteiger charge is -2.19. The predicted octanol–water partition coefficient (Wildman–Crippen LogP) is 1.39. The van der Waals surface area contributed by atoms with E-state index in [2.05, 4.69) is 29.7 Å². The molecule has 0 aliphatic heterocycles. The molecule has 3 N–H and O–H groups in total. The molecule has 1 rings (SSSR count). The first kappa shape index (κ1) is 9.45. The summed E-state index contributed by atoms with van der Waals surface area (Å²) in [4.78, 5) is 0. The third-order valence-corrected chi connectivity index (χ3v) is 2.29. The van der Waals surface area contributed by atoms with Crippen LogP contribution in [0.4, 0.5) is 0 Å². The zero-order chi connectivity index (χ0) is 8.97. The Labute approximate surface area is 78.4 Å². The summed E-state index contributed by atoms with van der Waals surface area (Å²) >= 11 is 4.66. The maximum absolute atomic E-state index is 5.27. The zero-order valence-corrected chi connectivity index (χ0v) is 8.16. The highest BCUT2D eigenvalue weighted by Gasteiger charge is 2.15. The van der Waals surface area contributed by atoms with Crippen molar-refractivity contribution in [1.82, 2.24) is 5.43 Å². The van der Waals surface area contributed by atoms with Gasteiger partial charge in [-0.15, -0.1) is 0 Å². The van der Waals surface area contributed by atoms with E-state index in [1.807, 2.05) is 0 Å². The summed E-state index contributed by atoms with van der Waals surface area (Å²) in [5.41, 5.74) is 9.11. The summed E-state index contributed by atoms with van der Waals surface area (Å²) in [6, 6.07) is 0. The summed E-state index contributed by atoms with van der Waals surface area (Å²) in [6.07, 6.45) is 4.87. The third kappa shape index (κ3) is 2.77. The molecule has 0 amide bonds. The summed E-state index contributed by atoms with van der Waals surface area (Å²) in [6.45, 7) is 2.19. The summed E-state index contributed by atoms with van der Waals surface area (Å²) in [7, 11) is 0. The van der Waals surface area contributed by atoms with Crippen molar-refractivity contribution in [3.05, 3.63) is 0 Å². The molecule has 4 heteroatoms. The third-order valence-electron chi connectivity index (χ3n) is 2.20. The standard InChI is InChI=1S/C8H15N3S/c1-6-4-2-3-5-7(6)10-11-8(9)12/h6H,2-5H2,1H3,(H3,9,11,12). The highest BCUT2D eigenvalue weighted by atomic mass is 32.1. The van der Waals surface area contributed by atoms with Crippen LogP contribution < -0.4 is 11.2 Å². The van der Waals surface area contributed by atoms with E-state index < -0.39 is 0 Å². The van der Waals surface area contributed by atoms with Gasteiger partial charge in [-0.1, -0.05) is 13.3 Å². The molecule has 1 fully saturated rings. The fraction of sp³-hybridized carbons (Fsp3) is 0.750. The molecule has 3 nitrogen and oxygen atoms in total. The molecule has 0 aromatic rings. The second-order valence-electron chi connectivity index (χ2n) is 3.23. The number of thiocarbonyl (C=S) groups is 1. The van der Waals surface area contributed by atoms with Gasteiger partial charge in [-0.2, -0.15) is 5.10 Å². The Balaban J connectivity index is 2.47. The van der Waals surface area contributed by atoms with Crippen LogP contribution in [0, 0.1) is 5.92 Å². The fourth-order valence-electron chi connectivity index (χ4n) is 1.46. The van der Waals surface area contributed by atoms with Crippen LogP contribution in [0.5, 0.6) is 0 Å². The van der Waals surface area contributed by atoms with Crippen LogP contribution in [0.2, 0.25) is 0 Å². The Morgan fingerprint density at radius 2 is 2.42 bits per heavy atom. The molecule has 0 aromatic carbocycles. The quantitative estimate of drug-likeness (QED) is 0.479. The van der Waals surface area contributed by atoms with Crippen molar-refractivity contribution in [2.45, 2.75) is 32.6 Å². The van der Waals surface area contributed by atoms with E-state index in [1.54, 1.807) is 0 Å². The van der Waals surface area contributed by atoms with Gasteiger partial charge in [0.25, 0.3) is 0 Å². The van der Waals surface area contributed by atoms with E-state index in [0.29, 0.717) is 5.92 Å². The topological polar surface area (TPSA) is 50.4 Å². The molecule has 0 spiro atoms. The summed E-state index contributed by atoms with van der Waals surface area (Å²) in [5.74, 6) is 0.584. The molecule has 0 saturated heterocycles. The number of nitrogens with zero attached hydrogens (tertiary/aromatic N) is 1. The molecular weight excluding hydrogens is 170 g/mol. The van der Waals surface area contributed by atoms with Gasteiger partial charge in [-0.3, -0.25) is 5.43 Å². The van der Waals surface area contributed by atoms with E-state index in [0.717, 1.165) is 6.42 Å². The summed E-state index contributed by atoms with van der Waals surface area (Å²) < 4.78 is 0. The Morgan fingerprint density at radius 3 is 3.00 bits per heavy atom. The molecule has 68 valence electrons. The second kappa shape index (κ2) is 4.40. The fourth-order valence-corrected chi connectivity index (χ4v) is 1.51. The largest absolute Gasteiger partial charge is 0.375 e. The van der Waals surface area contributed by atoms with Gasteiger partial charge in [0, 0.05) is 5.71 Å². The molecule has 1 aliphatic carbocycles. The van der Waals surface area contributed by atoms with E-state index in [1.165, 1.54) is 25.0 Å². The number of hydrogen-bond acceptors (Lipinski definition) is 2. The molecule has 0 heterocycles. The minimum absolute atomic E-state index is 0.250. The van der Waals surface area contributed by atoms with Crippen molar-refractivity contribution in [1.29, 1.82) is 0 Å². The Kier molecular flexibility index (Phi) is 3.47. The number of rotatable bonds is 1. The second-order valence-corrected chi connectivity index (χ2v) is 3.67. The molecule has 1 aliphatic rings. The smallest absolute Gasteiger partial charge is 0.184 e. The van der Waals surface area contributed by atoms with E-state index in [9.17, 15) is 0 Å². The minimum atomic E-state index is 0.250. The number of nitrogens with one attached hydrogen (secondary N) is 1. The predicted molar refractivity (Wildman–Crippen MR) is 55.0 cm³/mol. The van der Waals surface area contributed by atoms with Crippen molar-refractivity contribution in [2.75, 3.05) is 0 Å². The van der Waals surface area contributed by atoms with Gasteiger partial charge in [0.05, 0.1) is 0 Å². The molecule has 0 radical (unpaired) electrons. The lowest BCUT2D eigenvalue weighted by molar-refractivity contribution is 0.555. The van der Waals surface area contributed by atoms with Crippen molar-refractivity contribution >= 4 is 23.0 Å². The molecule has 0 bridgehead atoms. The van der Waals surface area contributed by atoms with Crippen LogP contribution >= 0.6 is 12.2 Å². The molecular formula is C8H15N3S. The highest BCUT2D eigenvalue weighted by molar-refractivity contribution is 7.80. The minimum Gasteiger partial charge on any atom is -0.375 e. The zero-order valence-electron chi connectivity index (χ0n) is 7.34. The maximum Gasteiger partial charge on any atom is 0.184 e. The molecule has 1 atom stereocenters. The van der Waals surface area contributed by atoms with E-state index >= 15 is 0 Å². The average molecular weight is 185 g/mol. The van der Waals surface area contributed by atoms with Gasteiger partial charge in [0.1, 0.15) is 0 Å². The first-order chi connectivity index (χ1) is 5.70. The van der Waals surface area contributed by atoms with Gasteiger partial charge in [0.2, 0.25) is 0 Å². The SMILES string of the molecule is CC1CCCCC1=NNC(N)=S. The van der Waals surface area contributed by atoms with Gasteiger partial charge in [0.15, 0.2) is 5.11 Å². The van der Waals surface area contributed by atoms with E-state index in [-0.39, 0.29) is 5.11 Å². The van der Waals surface area contributed by atoms with Crippen molar-refractivity contribution in [3.8, 4) is 0 Å². The Hall–Kier alpha value is -0.640. The number of hydrogen-bond donors (Lipinski definition) is 2.